The van der Waals surface area contributed by atoms with Crippen LogP contribution in [0.5, 0.6) is 0 Å². The molecule has 0 amide bonds. The van der Waals surface area contributed by atoms with Gasteiger partial charge in [-0.2, -0.15) is 0 Å². The van der Waals surface area contributed by atoms with Gasteiger partial charge in [0, 0.05) is 19.1 Å². The van der Waals surface area contributed by atoms with E-state index in [2.05, 4.69) is 19.1 Å². The van der Waals surface area contributed by atoms with Gasteiger partial charge in [0.2, 0.25) is 0 Å². The molecule has 0 spiro atoms. The average molecular weight is 759 g/mol. The predicted octanol–water partition coefficient (Wildman–Crippen LogP) is 16.6. The lowest BCUT2D eigenvalue weighted by molar-refractivity contribution is -0.156. The molecule has 0 bridgehead atoms. The maximum atomic E-state index is 12.0. The van der Waals surface area contributed by atoms with Crippen molar-refractivity contribution in [3.8, 4) is 0 Å². The Labute approximate surface area is 337 Å². The van der Waals surface area contributed by atoms with Crippen molar-refractivity contribution in [1.82, 2.24) is 0 Å². The van der Waals surface area contributed by atoms with Gasteiger partial charge in [0.25, 0.3) is 0 Å². The van der Waals surface area contributed by atoms with E-state index in [0.717, 1.165) is 44.9 Å². The summed E-state index contributed by atoms with van der Waals surface area (Å²) in [6.45, 7) is 2.63. The van der Waals surface area contributed by atoms with Crippen molar-refractivity contribution in [2.24, 2.45) is 0 Å². The summed E-state index contributed by atoms with van der Waals surface area (Å²) in [5, 5.41) is 8.81. The fourth-order valence-electron chi connectivity index (χ4n) is 7.51. The van der Waals surface area contributed by atoms with Crippen molar-refractivity contribution in [2.75, 3.05) is 6.61 Å². The molecular weight excluding hydrogens is 665 g/mol. The second-order valence-corrected chi connectivity index (χ2v) is 16.6. The first-order chi connectivity index (χ1) is 26.7. The summed E-state index contributed by atoms with van der Waals surface area (Å²) in [4.78, 5) is 23.9. The minimum Gasteiger partial charge on any atom is -0.396 e. The van der Waals surface area contributed by atoms with E-state index in [0.29, 0.717) is 13.0 Å². The molecule has 0 fully saturated rings. The Morgan fingerprint density at radius 1 is 0.370 bits per heavy atom. The number of hydrogen-bond acceptors (Lipinski definition) is 4. The van der Waals surface area contributed by atoms with Gasteiger partial charge in [-0.05, 0) is 51.4 Å². The van der Waals surface area contributed by atoms with Crippen LogP contribution < -0.4 is 0 Å². The lowest BCUT2D eigenvalue weighted by Gasteiger charge is -2.04. The Bertz CT molecular complexity index is 802. The molecule has 0 aliphatic carbocycles. The maximum absolute atomic E-state index is 12.0. The molecule has 0 aliphatic rings. The van der Waals surface area contributed by atoms with E-state index in [4.69, 9.17) is 9.84 Å². The minimum absolute atomic E-state index is 0.342. The Balaban J connectivity index is 3.29. The zero-order valence-electron chi connectivity index (χ0n) is 36.4. The number of allylic oxidation sites excluding steroid dienone is 3. The standard InChI is InChI=1S/C50H94O4/c1-2-3-4-5-6-7-8-9-25-28-31-34-37-40-43-46-49(52)54-50(53)47-44-41-38-35-32-29-26-23-21-19-17-15-13-11-10-12-14-16-18-20-22-24-27-30-33-36-39-42-45-48-51/h9,25,44,47,51H,2-8,10-24,26-43,45-46,48H2,1H3/b25-9-,47-44?. The van der Waals surface area contributed by atoms with Gasteiger partial charge in [-0.25, -0.2) is 4.79 Å². The van der Waals surface area contributed by atoms with Crippen LogP contribution in [-0.4, -0.2) is 23.7 Å². The van der Waals surface area contributed by atoms with E-state index in [1.54, 1.807) is 0 Å². The highest BCUT2D eigenvalue weighted by atomic mass is 16.6. The van der Waals surface area contributed by atoms with E-state index in [-0.39, 0.29) is 5.97 Å². The predicted molar refractivity (Wildman–Crippen MR) is 236 cm³/mol. The van der Waals surface area contributed by atoms with Crippen molar-refractivity contribution in [3.05, 3.63) is 24.3 Å². The average Bonchev–Trinajstić information content (AvgIpc) is 3.17. The Kier molecular flexibility index (Phi) is 46.5. The van der Waals surface area contributed by atoms with Gasteiger partial charge >= 0.3 is 11.9 Å². The molecule has 0 rings (SSSR count). The highest BCUT2D eigenvalue weighted by Crippen LogP contribution is 2.17. The zero-order chi connectivity index (χ0) is 39.1. The molecule has 0 aliphatic heterocycles. The molecule has 54 heavy (non-hydrogen) atoms. The summed E-state index contributed by atoms with van der Waals surface area (Å²) in [6.07, 6.45) is 61.9. The van der Waals surface area contributed by atoms with Crippen LogP contribution in [0.4, 0.5) is 0 Å². The summed E-state index contributed by atoms with van der Waals surface area (Å²) < 4.78 is 4.96. The Morgan fingerprint density at radius 3 is 0.981 bits per heavy atom. The van der Waals surface area contributed by atoms with E-state index in [1.165, 1.54) is 224 Å². The Morgan fingerprint density at radius 2 is 0.648 bits per heavy atom. The fourth-order valence-corrected chi connectivity index (χ4v) is 7.51. The van der Waals surface area contributed by atoms with Gasteiger partial charge in [-0.1, -0.05) is 237 Å². The van der Waals surface area contributed by atoms with E-state index in [9.17, 15) is 9.59 Å². The molecule has 0 radical (unpaired) electrons. The summed E-state index contributed by atoms with van der Waals surface area (Å²) in [5.74, 6) is -0.895. The van der Waals surface area contributed by atoms with Crippen LogP contribution in [0.15, 0.2) is 24.3 Å². The van der Waals surface area contributed by atoms with Gasteiger partial charge < -0.3 is 9.84 Å². The molecule has 318 valence electrons. The van der Waals surface area contributed by atoms with Crippen LogP contribution >= 0.6 is 0 Å². The quantitative estimate of drug-likeness (QED) is 0.0221. The van der Waals surface area contributed by atoms with Crippen molar-refractivity contribution in [1.29, 1.82) is 0 Å². The van der Waals surface area contributed by atoms with Gasteiger partial charge in [0.1, 0.15) is 0 Å². The van der Waals surface area contributed by atoms with Crippen LogP contribution in [0.2, 0.25) is 0 Å². The molecule has 0 aromatic heterocycles. The molecular formula is C50H94O4. The Hall–Kier alpha value is -1.42. The first-order valence-corrected chi connectivity index (χ1v) is 24.4. The first-order valence-electron chi connectivity index (χ1n) is 24.4. The van der Waals surface area contributed by atoms with Gasteiger partial charge in [0.05, 0.1) is 0 Å². The van der Waals surface area contributed by atoms with Crippen LogP contribution in [0, 0.1) is 0 Å². The number of ether oxygens (including phenoxy) is 1. The summed E-state index contributed by atoms with van der Waals surface area (Å²) >= 11 is 0. The normalized spacial score (nSPS) is 11.7. The highest BCUT2D eigenvalue weighted by Gasteiger charge is 2.07. The fraction of sp³-hybridized carbons (Fsp3) is 0.880. The molecule has 0 unspecified atom stereocenters. The highest BCUT2D eigenvalue weighted by molar-refractivity contribution is 5.91. The van der Waals surface area contributed by atoms with Gasteiger partial charge in [0.15, 0.2) is 0 Å². The van der Waals surface area contributed by atoms with Gasteiger partial charge in [-0.3, -0.25) is 4.79 Å². The number of esters is 2. The molecule has 0 heterocycles. The minimum atomic E-state index is -0.510. The van der Waals surface area contributed by atoms with Gasteiger partial charge in [-0.15, -0.1) is 0 Å². The number of unbranched alkanes of at least 4 members (excludes halogenated alkanes) is 38. The van der Waals surface area contributed by atoms with Crippen LogP contribution in [0.1, 0.15) is 277 Å². The molecule has 4 nitrogen and oxygen atoms in total. The number of rotatable bonds is 45. The lowest BCUT2D eigenvalue weighted by atomic mass is 10.0. The molecule has 4 heteroatoms. The topological polar surface area (TPSA) is 63.6 Å². The van der Waals surface area contributed by atoms with Crippen molar-refractivity contribution >= 4 is 11.9 Å². The lowest BCUT2D eigenvalue weighted by Crippen LogP contribution is -2.09. The monoisotopic (exact) mass is 759 g/mol. The maximum Gasteiger partial charge on any atom is 0.338 e. The molecule has 0 saturated heterocycles. The zero-order valence-corrected chi connectivity index (χ0v) is 36.4. The summed E-state index contributed by atoms with van der Waals surface area (Å²) in [5.41, 5.74) is 0. The van der Waals surface area contributed by atoms with E-state index < -0.39 is 5.97 Å². The molecule has 0 saturated carbocycles. The van der Waals surface area contributed by atoms with E-state index >= 15 is 0 Å². The number of carbonyl (C=O) groups is 2. The smallest absolute Gasteiger partial charge is 0.338 e. The third-order valence-electron chi connectivity index (χ3n) is 11.1. The second kappa shape index (κ2) is 47.7. The van der Waals surface area contributed by atoms with Crippen molar-refractivity contribution < 1.29 is 19.4 Å². The second-order valence-electron chi connectivity index (χ2n) is 16.6. The SMILES string of the molecule is CCCCCCCC/C=C\CCCCCCCC(=O)OC(=O)C=CCCCCCCCCCCCCCCCCCCCCCCCCCCCCCO. The third-order valence-corrected chi connectivity index (χ3v) is 11.1. The van der Waals surface area contributed by atoms with Crippen molar-refractivity contribution in [2.45, 2.75) is 277 Å². The van der Waals surface area contributed by atoms with Crippen LogP contribution in [0.3, 0.4) is 0 Å². The van der Waals surface area contributed by atoms with E-state index in [1.807, 2.05) is 6.08 Å². The first kappa shape index (κ1) is 52.6. The molecule has 1 N–H and O–H groups in total. The summed E-state index contributed by atoms with van der Waals surface area (Å²) in [7, 11) is 0. The number of hydrogen-bond donors (Lipinski definition) is 1. The molecule has 0 atom stereocenters. The van der Waals surface area contributed by atoms with Crippen LogP contribution in [0.25, 0.3) is 0 Å². The van der Waals surface area contributed by atoms with Crippen LogP contribution in [-0.2, 0) is 14.3 Å². The number of aliphatic hydroxyl groups excluding tert-OH is 1. The molecule has 0 aromatic carbocycles. The number of aliphatic hydroxyl groups is 1. The van der Waals surface area contributed by atoms with Crippen molar-refractivity contribution in [3.63, 3.8) is 0 Å². The third kappa shape index (κ3) is 46.7. The largest absolute Gasteiger partial charge is 0.396 e. The molecule has 0 aromatic rings. The summed E-state index contributed by atoms with van der Waals surface area (Å²) in [6, 6.07) is 0. The number of carbonyl (C=O) groups excluding carboxylic acids is 2.